The van der Waals surface area contributed by atoms with Crippen LogP contribution in [0.2, 0.25) is 10.0 Å². The van der Waals surface area contributed by atoms with Gasteiger partial charge < -0.3 is 9.64 Å². The first-order chi connectivity index (χ1) is 14.1. The third kappa shape index (κ3) is 3.96. The van der Waals surface area contributed by atoms with E-state index in [9.17, 15) is 4.79 Å². The van der Waals surface area contributed by atoms with E-state index in [1.54, 1.807) is 25.4 Å². The van der Waals surface area contributed by atoms with Gasteiger partial charge >= 0.3 is 0 Å². The minimum absolute atomic E-state index is 0.0135. The summed E-state index contributed by atoms with van der Waals surface area (Å²) in [7, 11) is 1.57. The molecule has 0 bridgehead atoms. The van der Waals surface area contributed by atoms with Crippen molar-refractivity contribution in [3.05, 3.63) is 82.0 Å². The van der Waals surface area contributed by atoms with E-state index >= 15 is 0 Å². The number of carbonyl (C=O) groups excluding carboxylic acids is 1. The smallest absolute Gasteiger partial charge is 0.254 e. The Hall–Kier alpha value is -2.56. The molecule has 1 atom stereocenters. The maximum absolute atomic E-state index is 13.2. The lowest BCUT2D eigenvalue weighted by atomic mass is 10.0. The molecule has 3 aromatic rings. The fraction of sp³-hybridized carbons (Fsp3) is 0.217. The van der Waals surface area contributed by atoms with Crippen molar-refractivity contribution in [3.8, 4) is 17.0 Å². The summed E-state index contributed by atoms with van der Waals surface area (Å²) in [6, 6.07) is 16.8. The standard InChI is InChI=1S/C23H20Cl2N2O2/c1-29-22-11-9-16(14-26-22)17-10-8-15(13-20(17)25)23(28)27-12-4-7-21(27)18-5-2-3-6-19(18)24/h2-3,5-6,8-11,13-14,21H,4,7,12H2,1H3/t21-/m1/s1. The molecule has 0 N–H and O–H groups in total. The molecule has 0 spiro atoms. The number of methoxy groups -OCH3 is 1. The first-order valence-electron chi connectivity index (χ1n) is 9.44. The van der Waals surface area contributed by atoms with Crippen LogP contribution in [-0.2, 0) is 0 Å². The van der Waals surface area contributed by atoms with Crippen molar-refractivity contribution in [2.24, 2.45) is 0 Å². The normalized spacial score (nSPS) is 16.1. The molecule has 1 aliphatic heterocycles. The Kier molecular flexibility index (Phi) is 5.74. The third-order valence-corrected chi connectivity index (χ3v) is 5.91. The Morgan fingerprint density at radius 3 is 2.62 bits per heavy atom. The zero-order valence-corrected chi connectivity index (χ0v) is 17.5. The highest BCUT2D eigenvalue weighted by atomic mass is 35.5. The fourth-order valence-electron chi connectivity index (χ4n) is 3.79. The Morgan fingerprint density at radius 1 is 1.10 bits per heavy atom. The molecule has 0 saturated carbocycles. The quantitative estimate of drug-likeness (QED) is 0.510. The first-order valence-corrected chi connectivity index (χ1v) is 10.2. The van der Waals surface area contributed by atoms with E-state index in [0.717, 1.165) is 29.5 Å². The highest BCUT2D eigenvalue weighted by Gasteiger charge is 2.31. The molecule has 1 aliphatic rings. The summed E-state index contributed by atoms with van der Waals surface area (Å²) in [6.45, 7) is 0.705. The van der Waals surface area contributed by atoms with Gasteiger partial charge in [0, 0.05) is 45.5 Å². The van der Waals surface area contributed by atoms with Gasteiger partial charge in [0.25, 0.3) is 5.91 Å². The number of nitrogens with zero attached hydrogens (tertiary/aromatic N) is 2. The molecule has 6 heteroatoms. The molecule has 1 amide bonds. The SMILES string of the molecule is COc1ccc(-c2ccc(C(=O)N3CCC[C@@H]3c3ccccc3Cl)cc2Cl)cn1. The maximum Gasteiger partial charge on any atom is 0.254 e. The number of pyridine rings is 1. The zero-order chi connectivity index (χ0) is 20.4. The van der Waals surface area contributed by atoms with E-state index in [1.165, 1.54) is 0 Å². The van der Waals surface area contributed by atoms with Crippen LogP contribution < -0.4 is 4.74 Å². The zero-order valence-electron chi connectivity index (χ0n) is 15.9. The Labute approximate surface area is 180 Å². The lowest BCUT2D eigenvalue weighted by Gasteiger charge is -2.26. The van der Waals surface area contributed by atoms with Gasteiger partial charge in [0.05, 0.1) is 13.2 Å². The van der Waals surface area contributed by atoms with Gasteiger partial charge in [-0.25, -0.2) is 4.98 Å². The van der Waals surface area contributed by atoms with Crippen molar-refractivity contribution in [1.82, 2.24) is 9.88 Å². The van der Waals surface area contributed by atoms with Gasteiger partial charge in [-0.3, -0.25) is 4.79 Å². The molecule has 0 unspecified atom stereocenters. The molecule has 4 rings (SSSR count). The molecule has 148 valence electrons. The molecule has 1 fully saturated rings. The lowest BCUT2D eigenvalue weighted by molar-refractivity contribution is 0.0736. The van der Waals surface area contributed by atoms with Crippen molar-refractivity contribution < 1.29 is 9.53 Å². The summed E-state index contributed by atoms with van der Waals surface area (Å²) in [5, 5.41) is 1.20. The summed E-state index contributed by atoms with van der Waals surface area (Å²) >= 11 is 12.9. The van der Waals surface area contributed by atoms with Gasteiger partial charge in [-0.05, 0) is 42.7 Å². The van der Waals surface area contributed by atoms with Crippen LogP contribution in [0.3, 0.4) is 0 Å². The fourth-order valence-corrected chi connectivity index (χ4v) is 4.34. The summed E-state index contributed by atoms with van der Waals surface area (Å²) in [5.74, 6) is 0.505. The molecule has 1 aromatic heterocycles. The number of hydrogen-bond acceptors (Lipinski definition) is 3. The van der Waals surface area contributed by atoms with Gasteiger partial charge in [0.2, 0.25) is 5.88 Å². The van der Waals surface area contributed by atoms with Crippen molar-refractivity contribution in [2.75, 3.05) is 13.7 Å². The Morgan fingerprint density at radius 2 is 1.93 bits per heavy atom. The van der Waals surface area contributed by atoms with E-state index in [-0.39, 0.29) is 11.9 Å². The number of carbonyl (C=O) groups is 1. The second kappa shape index (κ2) is 8.44. The highest BCUT2D eigenvalue weighted by molar-refractivity contribution is 6.33. The summed E-state index contributed by atoms with van der Waals surface area (Å²) in [5.41, 5.74) is 3.25. The number of amides is 1. The summed E-state index contributed by atoms with van der Waals surface area (Å²) < 4.78 is 5.09. The summed E-state index contributed by atoms with van der Waals surface area (Å²) in [4.78, 5) is 19.3. The van der Waals surface area contributed by atoms with E-state index in [0.29, 0.717) is 28.0 Å². The van der Waals surface area contributed by atoms with Crippen molar-refractivity contribution in [3.63, 3.8) is 0 Å². The van der Waals surface area contributed by atoms with Crippen LogP contribution in [0.1, 0.15) is 34.8 Å². The van der Waals surface area contributed by atoms with E-state index in [2.05, 4.69) is 4.98 Å². The van der Waals surface area contributed by atoms with Crippen LogP contribution in [-0.4, -0.2) is 29.4 Å². The van der Waals surface area contributed by atoms with Gasteiger partial charge in [0.1, 0.15) is 0 Å². The molecule has 2 aromatic carbocycles. The Balaban J connectivity index is 1.60. The van der Waals surface area contributed by atoms with Crippen LogP contribution in [0.25, 0.3) is 11.1 Å². The molecule has 2 heterocycles. The van der Waals surface area contributed by atoms with Crippen LogP contribution in [0.4, 0.5) is 0 Å². The van der Waals surface area contributed by atoms with E-state index < -0.39 is 0 Å². The van der Waals surface area contributed by atoms with Gasteiger partial charge in [-0.1, -0.05) is 47.5 Å². The lowest BCUT2D eigenvalue weighted by Crippen LogP contribution is -2.30. The monoisotopic (exact) mass is 426 g/mol. The van der Waals surface area contributed by atoms with Crippen LogP contribution >= 0.6 is 23.2 Å². The van der Waals surface area contributed by atoms with E-state index in [1.807, 2.05) is 47.4 Å². The number of halogens is 2. The minimum Gasteiger partial charge on any atom is -0.481 e. The minimum atomic E-state index is -0.0336. The van der Waals surface area contributed by atoms with Gasteiger partial charge in [-0.15, -0.1) is 0 Å². The number of ether oxygens (including phenoxy) is 1. The molecular weight excluding hydrogens is 407 g/mol. The number of benzene rings is 2. The largest absolute Gasteiger partial charge is 0.481 e. The number of rotatable bonds is 4. The highest BCUT2D eigenvalue weighted by Crippen LogP contribution is 2.37. The van der Waals surface area contributed by atoms with E-state index in [4.69, 9.17) is 27.9 Å². The van der Waals surface area contributed by atoms with Crippen LogP contribution in [0.5, 0.6) is 5.88 Å². The molecule has 0 aliphatic carbocycles. The summed E-state index contributed by atoms with van der Waals surface area (Å²) in [6.07, 6.45) is 3.55. The molecule has 29 heavy (non-hydrogen) atoms. The number of hydrogen-bond donors (Lipinski definition) is 0. The van der Waals surface area contributed by atoms with Crippen LogP contribution in [0.15, 0.2) is 60.8 Å². The topological polar surface area (TPSA) is 42.4 Å². The van der Waals surface area contributed by atoms with Crippen molar-refractivity contribution in [2.45, 2.75) is 18.9 Å². The average Bonchev–Trinajstić information content (AvgIpc) is 3.23. The second-order valence-corrected chi connectivity index (χ2v) is 7.78. The van der Waals surface area contributed by atoms with Crippen LogP contribution in [0, 0.1) is 0 Å². The maximum atomic E-state index is 13.2. The first kappa shape index (κ1) is 19.7. The average molecular weight is 427 g/mol. The van der Waals surface area contributed by atoms with Crippen molar-refractivity contribution in [1.29, 1.82) is 0 Å². The van der Waals surface area contributed by atoms with Crippen molar-refractivity contribution >= 4 is 29.1 Å². The van der Waals surface area contributed by atoms with Gasteiger partial charge in [-0.2, -0.15) is 0 Å². The number of aromatic nitrogens is 1. The molecule has 1 saturated heterocycles. The second-order valence-electron chi connectivity index (χ2n) is 6.96. The third-order valence-electron chi connectivity index (χ3n) is 5.25. The molecular formula is C23H20Cl2N2O2. The predicted octanol–water partition coefficient (Wildman–Crippen LogP) is 6.04. The Bertz CT molecular complexity index is 1040. The molecule has 4 nitrogen and oxygen atoms in total. The molecule has 0 radical (unpaired) electrons. The van der Waals surface area contributed by atoms with Gasteiger partial charge in [0.15, 0.2) is 0 Å². The number of likely N-dealkylation sites (tertiary alicyclic amines) is 1. The predicted molar refractivity (Wildman–Crippen MR) is 116 cm³/mol.